The van der Waals surface area contributed by atoms with E-state index >= 15 is 0 Å². The zero-order chi connectivity index (χ0) is 14.8. The minimum absolute atomic E-state index is 0.00503. The fourth-order valence-corrected chi connectivity index (χ4v) is 2.89. The number of nitrogens with zero attached hydrogens (tertiary/aromatic N) is 1. The van der Waals surface area contributed by atoms with Crippen molar-refractivity contribution in [2.45, 2.75) is 89.3 Å². The van der Waals surface area contributed by atoms with Crippen molar-refractivity contribution in [3.63, 3.8) is 0 Å². The maximum absolute atomic E-state index is 12.5. The van der Waals surface area contributed by atoms with E-state index in [2.05, 4.69) is 0 Å². The standard InChI is InChI=1S/C16H30N2O2/c1-15(2,3)20-14(19)18(12-11-16(17)9-10-16)13-7-5-4-6-8-13/h13H,4-12,17H2,1-3H3. The van der Waals surface area contributed by atoms with Crippen molar-refractivity contribution in [2.24, 2.45) is 5.73 Å². The molecule has 0 aromatic rings. The first-order chi connectivity index (χ1) is 9.29. The van der Waals surface area contributed by atoms with Crippen molar-refractivity contribution >= 4 is 6.09 Å². The minimum atomic E-state index is -0.427. The summed E-state index contributed by atoms with van der Waals surface area (Å²) in [6, 6.07) is 0.348. The van der Waals surface area contributed by atoms with Crippen molar-refractivity contribution in [3.8, 4) is 0 Å². The molecule has 20 heavy (non-hydrogen) atoms. The van der Waals surface area contributed by atoms with Crippen LogP contribution in [-0.2, 0) is 4.74 Å². The molecule has 0 spiro atoms. The molecule has 2 N–H and O–H groups in total. The van der Waals surface area contributed by atoms with Crippen LogP contribution in [-0.4, -0.2) is 34.7 Å². The average molecular weight is 282 g/mol. The summed E-state index contributed by atoms with van der Waals surface area (Å²) in [7, 11) is 0. The minimum Gasteiger partial charge on any atom is -0.444 e. The highest BCUT2D eigenvalue weighted by atomic mass is 16.6. The van der Waals surface area contributed by atoms with E-state index in [1.54, 1.807) is 0 Å². The first-order valence-electron chi connectivity index (χ1n) is 8.08. The zero-order valence-corrected chi connectivity index (χ0v) is 13.3. The van der Waals surface area contributed by atoms with Crippen LogP contribution in [0.25, 0.3) is 0 Å². The second kappa shape index (κ2) is 5.92. The molecule has 2 aliphatic rings. The summed E-state index contributed by atoms with van der Waals surface area (Å²) in [6.45, 7) is 6.52. The van der Waals surface area contributed by atoms with Crippen LogP contribution in [0.3, 0.4) is 0 Å². The molecule has 116 valence electrons. The molecule has 4 heteroatoms. The molecule has 1 amide bonds. The predicted octanol–water partition coefficient (Wildman–Crippen LogP) is 3.44. The van der Waals surface area contributed by atoms with Crippen LogP contribution in [0.5, 0.6) is 0 Å². The number of nitrogens with two attached hydrogens (primary N) is 1. The lowest BCUT2D eigenvalue weighted by Gasteiger charge is -2.36. The van der Waals surface area contributed by atoms with Gasteiger partial charge in [-0.2, -0.15) is 0 Å². The van der Waals surface area contributed by atoms with E-state index in [9.17, 15) is 4.79 Å². The summed E-state index contributed by atoms with van der Waals surface area (Å²) in [6.07, 6.45) is 8.89. The second-order valence-corrected chi connectivity index (χ2v) is 7.58. The average Bonchev–Trinajstić information content (AvgIpc) is 3.07. The van der Waals surface area contributed by atoms with Crippen molar-refractivity contribution in [3.05, 3.63) is 0 Å². The van der Waals surface area contributed by atoms with Crippen molar-refractivity contribution in [1.82, 2.24) is 4.90 Å². The molecular weight excluding hydrogens is 252 g/mol. The highest BCUT2D eigenvalue weighted by molar-refractivity contribution is 5.68. The summed E-state index contributed by atoms with van der Waals surface area (Å²) < 4.78 is 5.58. The third kappa shape index (κ3) is 4.65. The quantitative estimate of drug-likeness (QED) is 0.859. The van der Waals surface area contributed by atoms with Gasteiger partial charge in [-0.05, 0) is 52.9 Å². The molecule has 0 atom stereocenters. The number of hydrogen-bond acceptors (Lipinski definition) is 3. The molecule has 0 unspecified atom stereocenters. The predicted molar refractivity (Wildman–Crippen MR) is 80.6 cm³/mol. The SMILES string of the molecule is CC(C)(C)OC(=O)N(CCC1(N)CC1)C1CCCCC1. The van der Waals surface area contributed by atoms with Gasteiger partial charge in [0.25, 0.3) is 0 Å². The van der Waals surface area contributed by atoms with Gasteiger partial charge in [0.2, 0.25) is 0 Å². The summed E-state index contributed by atoms with van der Waals surface area (Å²) in [5.74, 6) is 0. The van der Waals surface area contributed by atoms with Crippen molar-refractivity contribution < 1.29 is 9.53 Å². The summed E-state index contributed by atoms with van der Waals surface area (Å²) in [4.78, 5) is 14.4. The third-order valence-corrected chi connectivity index (χ3v) is 4.39. The molecule has 0 saturated heterocycles. The number of amides is 1. The normalized spacial score (nSPS) is 22.4. The van der Waals surface area contributed by atoms with Gasteiger partial charge in [-0.3, -0.25) is 0 Å². The molecule has 2 saturated carbocycles. The first kappa shape index (κ1) is 15.6. The molecule has 2 aliphatic carbocycles. The lowest BCUT2D eigenvalue weighted by molar-refractivity contribution is 0.0113. The Morgan fingerprint density at radius 3 is 2.35 bits per heavy atom. The molecule has 0 bridgehead atoms. The van der Waals surface area contributed by atoms with E-state index in [0.717, 1.165) is 38.6 Å². The molecule has 2 rings (SSSR count). The fraction of sp³-hybridized carbons (Fsp3) is 0.938. The van der Waals surface area contributed by atoms with Gasteiger partial charge in [0.1, 0.15) is 5.60 Å². The Balaban J connectivity index is 1.96. The number of rotatable bonds is 4. The van der Waals surface area contributed by atoms with Gasteiger partial charge in [-0.15, -0.1) is 0 Å². The summed E-state index contributed by atoms with van der Waals surface area (Å²) in [5.41, 5.74) is 5.74. The van der Waals surface area contributed by atoms with Gasteiger partial charge >= 0.3 is 6.09 Å². The van der Waals surface area contributed by atoms with Gasteiger partial charge in [0.05, 0.1) is 0 Å². The number of ether oxygens (including phenoxy) is 1. The molecule has 0 aromatic carbocycles. The maximum Gasteiger partial charge on any atom is 0.410 e. The van der Waals surface area contributed by atoms with Crippen molar-refractivity contribution in [2.75, 3.05) is 6.54 Å². The Labute approximate surface area is 123 Å². The van der Waals surface area contributed by atoms with Crippen LogP contribution < -0.4 is 5.73 Å². The first-order valence-corrected chi connectivity index (χ1v) is 8.08. The monoisotopic (exact) mass is 282 g/mol. The Morgan fingerprint density at radius 1 is 1.25 bits per heavy atom. The summed E-state index contributed by atoms with van der Waals surface area (Å²) in [5, 5.41) is 0. The van der Waals surface area contributed by atoms with Gasteiger partial charge < -0.3 is 15.4 Å². The fourth-order valence-electron chi connectivity index (χ4n) is 2.89. The Hall–Kier alpha value is -0.770. The van der Waals surface area contributed by atoms with Gasteiger partial charge in [0, 0.05) is 18.1 Å². The zero-order valence-electron chi connectivity index (χ0n) is 13.3. The van der Waals surface area contributed by atoms with Crippen LogP contribution in [0.2, 0.25) is 0 Å². The smallest absolute Gasteiger partial charge is 0.410 e. The van der Waals surface area contributed by atoms with Crippen LogP contribution in [0.15, 0.2) is 0 Å². The number of carbonyl (C=O) groups is 1. The molecule has 0 heterocycles. The van der Waals surface area contributed by atoms with E-state index in [1.807, 2.05) is 25.7 Å². The lowest BCUT2D eigenvalue weighted by atomic mass is 9.94. The number of carbonyl (C=O) groups excluding carboxylic acids is 1. The summed E-state index contributed by atoms with van der Waals surface area (Å²) >= 11 is 0. The van der Waals surface area contributed by atoms with Crippen LogP contribution in [0, 0.1) is 0 Å². The highest BCUT2D eigenvalue weighted by Gasteiger charge is 2.39. The van der Waals surface area contributed by atoms with Crippen LogP contribution in [0.4, 0.5) is 4.79 Å². The van der Waals surface area contributed by atoms with Gasteiger partial charge in [-0.1, -0.05) is 19.3 Å². The lowest BCUT2D eigenvalue weighted by Crippen LogP contribution is -2.46. The highest BCUT2D eigenvalue weighted by Crippen LogP contribution is 2.36. The Morgan fingerprint density at radius 2 is 1.85 bits per heavy atom. The topological polar surface area (TPSA) is 55.6 Å². The molecule has 4 nitrogen and oxygen atoms in total. The Bertz CT molecular complexity index is 339. The van der Waals surface area contributed by atoms with Crippen LogP contribution >= 0.6 is 0 Å². The maximum atomic E-state index is 12.5. The van der Waals surface area contributed by atoms with Gasteiger partial charge in [-0.25, -0.2) is 4.79 Å². The van der Waals surface area contributed by atoms with Crippen molar-refractivity contribution in [1.29, 1.82) is 0 Å². The third-order valence-electron chi connectivity index (χ3n) is 4.39. The van der Waals surface area contributed by atoms with E-state index in [1.165, 1.54) is 19.3 Å². The molecule has 2 fully saturated rings. The van der Waals surface area contributed by atoms with Crippen LogP contribution in [0.1, 0.15) is 72.1 Å². The molecule has 0 aliphatic heterocycles. The molecule has 0 radical (unpaired) electrons. The van der Waals surface area contributed by atoms with E-state index in [0.29, 0.717) is 6.04 Å². The number of hydrogen-bond donors (Lipinski definition) is 1. The second-order valence-electron chi connectivity index (χ2n) is 7.58. The van der Waals surface area contributed by atoms with E-state index in [4.69, 9.17) is 10.5 Å². The largest absolute Gasteiger partial charge is 0.444 e. The molecular formula is C16H30N2O2. The van der Waals surface area contributed by atoms with E-state index in [-0.39, 0.29) is 11.6 Å². The van der Waals surface area contributed by atoms with Gasteiger partial charge in [0.15, 0.2) is 0 Å². The molecule has 0 aromatic heterocycles. The van der Waals surface area contributed by atoms with E-state index < -0.39 is 5.60 Å². The Kier molecular flexibility index (Phi) is 4.62.